The lowest BCUT2D eigenvalue weighted by molar-refractivity contribution is -0.151. The van der Waals surface area contributed by atoms with Crippen molar-refractivity contribution in [2.75, 3.05) is 6.54 Å². The molecule has 1 atom stereocenters. The van der Waals surface area contributed by atoms with E-state index in [9.17, 15) is 9.59 Å². The maximum absolute atomic E-state index is 12.7. The van der Waals surface area contributed by atoms with E-state index in [4.69, 9.17) is 4.74 Å². The standard InChI is InChI=1S/C25H26N2O3/c28-24(27-16-14-23-13-7-8-15-26-23)18-22(17-20-9-3-1-4-10-20)25(29)30-19-21-11-5-2-6-12-21/h1-13,15,22H,14,16-19H2,(H,27,28)/t22-/m1/s1. The van der Waals surface area contributed by atoms with E-state index >= 15 is 0 Å². The van der Waals surface area contributed by atoms with Crippen molar-refractivity contribution in [1.29, 1.82) is 0 Å². The number of hydrogen-bond acceptors (Lipinski definition) is 4. The van der Waals surface area contributed by atoms with Crippen LogP contribution >= 0.6 is 0 Å². The second-order valence-corrected chi connectivity index (χ2v) is 7.11. The van der Waals surface area contributed by atoms with E-state index in [0.717, 1.165) is 16.8 Å². The summed E-state index contributed by atoms with van der Waals surface area (Å²) in [5, 5.41) is 2.89. The van der Waals surface area contributed by atoms with Crippen molar-refractivity contribution in [3.8, 4) is 0 Å². The van der Waals surface area contributed by atoms with Gasteiger partial charge in [0.25, 0.3) is 0 Å². The van der Waals surface area contributed by atoms with Crippen molar-refractivity contribution >= 4 is 11.9 Å². The van der Waals surface area contributed by atoms with Gasteiger partial charge in [0.2, 0.25) is 5.91 Å². The fourth-order valence-electron chi connectivity index (χ4n) is 3.16. The predicted molar refractivity (Wildman–Crippen MR) is 115 cm³/mol. The highest BCUT2D eigenvalue weighted by Crippen LogP contribution is 2.16. The highest BCUT2D eigenvalue weighted by atomic mass is 16.5. The minimum Gasteiger partial charge on any atom is -0.461 e. The van der Waals surface area contributed by atoms with Gasteiger partial charge in [-0.15, -0.1) is 0 Å². The van der Waals surface area contributed by atoms with Gasteiger partial charge in [-0.25, -0.2) is 0 Å². The SMILES string of the molecule is O=C(C[C@@H](Cc1ccccc1)C(=O)OCc1ccccc1)NCCc1ccccn1. The van der Waals surface area contributed by atoms with Crippen LogP contribution in [-0.4, -0.2) is 23.4 Å². The van der Waals surface area contributed by atoms with E-state index in [1.165, 1.54) is 0 Å². The Labute approximate surface area is 177 Å². The highest BCUT2D eigenvalue weighted by Gasteiger charge is 2.24. The maximum Gasteiger partial charge on any atom is 0.310 e. The van der Waals surface area contributed by atoms with Crippen LogP contribution in [0.1, 0.15) is 23.2 Å². The normalized spacial score (nSPS) is 11.5. The fourth-order valence-corrected chi connectivity index (χ4v) is 3.16. The molecule has 0 fully saturated rings. The molecule has 0 aliphatic carbocycles. The van der Waals surface area contributed by atoms with Crippen LogP contribution in [-0.2, 0) is 33.8 Å². The number of amides is 1. The van der Waals surface area contributed by atoms with Gasteiger partial charge in [-0.1, -0.05) is 66.7 Å². The number of benzene rings is 2. The quantitative estimate of drug-likeness (QED) is 0.525. The number of carbonyl (C=O) groups excluding carboxylic acids is 2. The van der Waals surface area contributed by atoms with E-state index in [-0.39, 0.29) is 24.9 Å². The number of carbonyl (C=O) groups is 2. The van der Waals surface area contributed by atoms with Crippen LogP contribution < -0.4 is 5.32 Å². The van der Waals surface area contributed by atoms with Gasteiger partial charge in [0.15, 0.2) is 0 Å². The Bertz CT molecular complexity index is 915. The third kappa shape index (κ3) is 7.17. The Morgan fingerprint density at radius 2 is 1.53 bits per heavy atom. The minimum atomic E-state index is -0.536. The molecule has 1 heterocycles. The molecule has 3 aromatic rings. The van der Waals surface area contributed by atoms with E-state index < -0.39 is 5.92 Å². The number of ether oxygens (including phenoxy) is 1. The predicted octanol–water partition coefficient (Wildman–Crippen LogP) is 3.73. The van der Waals surface area contributed by atoms with Crippen molar-refractivity contribution in [1.82, 2.24) is 10.3 Å². The molecule has 3 rings (SSSR count). The van der Waals surface area contributed by atoms with Crippen LogP contribution in [0.3, 0.4) is 0 Å². The number of nitrogens with one attached hydrogen (secondary N) is 1. The molecular weight excluding hydrogens is 376 g/mol. The molecule has 0 spiro atoms. The molecule has 154 valence electrons. The third-order valence-electron chi connectivity index (χ3n) is 4.74. The molecule has 0 bridgehead atoms. The number of aromatic nitrogens is 1. The summed E-state index contributed by atoms with van der Waals surface area (Å²) in [5.41, 5.74) is 2.84. The molecule has 0 saturated heterocycles. The zero-order valence-corrected chi connectivity index (χ0v) is 16.9. The molecule has 5 nitrogen and oxygen atoms in total. The first-order valence-corrected chi connectivity index (χ1v) is 10.1. The molecule has 0 radical (unpaired) electrons. The lowest BCUT2D eigenvalue weighted by atomic mass is 9.96. The second-order valence-electron chi connectivity index (χ2n) is 7.11. The summed E-state index contributed by atoms with van der Waals surface area (Å²) in [4.78, 5) is 29.5. The average molecular weight is 402 g/mol. The first kappa shape index (κ1) is 21.2. The van der Waals surface area contributed by atoms with Crippen molar-refractivity contribution in [2.45, 2.75) is 25.9 Å². The molecular formula is C25H26N2O3. The van der Waals surface area contributed by atoms with Crippen molar-refractivity contribution in [3.63, 3.8) is 0 Å². The largest absolute Gasteiger partial charge is 0.461 e. The molecule has 0 saturated carbocycles. The number of nitrogens with zero attached hydrogens (tertiary/aromatic N) is 1. The molecule has 2 aromatic carbocycles. The molecule has 0 aliphatic rings. The number of hydrogen-bond donors (Lipinski definition) is 1. The Balaban J connectivity index is 1.55. The van der Waals surface area contributed by atoms with Crippen LogP contribution in [0.25, 0.3) is 0 Å². The summed E-state index contributed by atoms with van der Waals surface area (Å²) in [6.07, 6.45) is 2.93. The van der Waals surface area contributed by atoms with E-state index in [0.29, 0.717) is 19.4 Å². The first-order valence-electron chi connectivity index (χ1n) is 10.1. The summed E-state index contributed by atoms with van der Waals surface area (Å²) in [6, 6.07) is 24.9. The van der Waals surface area contributed by atoms with E-state index in [2.05, 4.69) is 10.3 Å². The summed E-state index contributed by atoms with van der Waals surface area (Å²) in [5.74, 6) is -1.06. The van der Waals surface area contributed by atoms with Crippen molar-refractivity contribution in [2.24, 2.45) is 5.92 Å². The fraction of sp³-hybridized carbons (Fsp3) is 0.240. The lowest BCUT2D eigenvalue weighted by Crippen LogP contribution is -2.31. The Kier molecular flexibility index (Phi) is 8.15. The van der Waals surface area contributed by atoms with Gasteiger partial charge in [-0.05, 0) is 29.7 Å². The Hall–Kier alpha value is -3.47. The third-order valence-corrected chi connectivity index (χ3v) is 4.74. The monoisotopic (exact) mass is 402 g/mol. The molecule has 1 aromatic heterocycles. The van der Waals surface area contributed by atoms with Crippen LogP contribution in [0.2, 0.25) is 0 Å². The number of pyridine rings is 1. The topological polar surface area (TPSA) is 68.3 Å². The summed E-state index contributed by atoms with van der Waals surface area (Å²) >= 11 is 0. The first-order chi connectivity index (χ1) is 14.7. The van der Waals surface area contributed by atoms with Crippen LogP contribution in [0, 0.1) is 5.92 Å². The minimum absolute atomic E-state index is 0.0880. The van der Waals surface area contributed by atoms with Gasteiger partial charge in [0, 0.05) is 31.3 Å². The molecule has 0 unspecified atom stereocenters. The zero-order valence-electron chi connectivity index (χ0n) is 16.9. The zero-order chi connectivity index (χ0) is 21.0. The second kappa shape index (κ2) is 11.5. The van der Waals surface area contributed by atoms with Gasteiger partial charge < -0.3 is 10.1 Å². The van der Waals surface area contributed by atoms with Crippen LogP contribution in [0.5, 0.6) is 0 Å². The average Bonchev–Trinajstić information content (AvgIpc) is 2.79. The number of esters is 1. The van der Waals surface area contributed by atoms with Gasteiger partial charge in [-0.3, -0.25) is 14.6 Å². The lowest BCUT2D eigenvalue weighted by Gasteiger charge is -2.16. The number of rotatable bonds is 10. The van der Waals surface area contributed by atoms with E-state index in [1.54, 1.807) is 6.20 Å². The van der Waals surface area contributed by atoms with Gasteiger partial charge >= 0.3 is 5.97 Å². The van der Waals surface area contributed by atoms with Crippen LogP contribution in [0.4, 0.5) is 0 Å². The van der Waals surface area contributed by atoms with Crippen molar-refractivity contribution in [3.05, 3.63) is 102 Å². The Morgan fingerprint density at radius 1 is 0.867 bits per heavy atom. The van der Waals surface area contributed by atoms with Crippen molar-refractivity contribution < 1.29 is 14.3 Å². The molecule has 30 heavy (non-hydrogen) atoms. The molecule has 1 N–H and O–H groups in total. The smallest absolute Gasteiger partial charge is 0.310 e. The van der Waals surface area contributed by atoms with Gasteiger partial charge in [-0.2, -0.15) is 0 Å². The molecule has 1 amide bonds. The van der Waals surface area contributed by atoms with Gasteiger partial charge in [0.05, 0.1) is 5.92 Å². The van der Waals surface area contributed by atoms with Gasteiger partial charge in [0.1, 0.15) is 6.61 Å². The summed E-state index contributed by atoms with van der Waals surface area (Å²) < 4.78 is 5.51. The highest BCUT2D eigenvalue weighted by molar-refractivity contribution is 5.83. The summed E-state index contributed by atoms with van der Waals surface area (Å²) in [6.45, 7) is 0.680. The van der Waals surface area contributed by atoms with Crippen LogP contribution in [0.15, 0.2) is 85.1 Å². The van der Waals surface area contributed by atoms with E-state index in [1.807, 2.05) is 78.9 Å². The Morgan fingerprint density at radius 3 is 2.20 bits per heavy atom. The molecule has 5 heteroatoms. The summed E-state index contributed by atoms with van der Waals surface area (Å²) in [7, 11) is 0. The molecule has 0 aliphatic heterocycles. The maximum atomic E-state index is 12.7.